The molecule has 0 aliphatic heterocycles. The molecular formula is C16H25NO3. The lowest BCUT2D eigenvalue weighted by Gasteiger charge is -2.24. The van der Waals surface area contributed by atoms with E-state index in [1.54, 1.807) is 0 Å². The van der Waals surface area contributed by atoms with Gasteiger partial charge in [-0.2, -0.15) is 0 Å². The molecule has 1 unspecified atom stereocenters. The van der Waals surface area contributed by atoms with Crippen molar-refractivity contribution in [2.45, 2.75) is 43.9 Å². The normalized spacial score (nSPS) is 19.1. The van der Waals surface area contributed by atoms with E-state index in [0.717, 1.165) is 18.4 Å². The third-order valence-electron chi connectivity index (χ3n) is 3.72. The molecule has 0 bridgehead atoms. The average molecular weight is 279 g/mol. The van der Waals surface area contributed by atoms with Crippen LogP contribution in [0.3, 0.4) is 0 Å². The molecule has 3 N–H and O–H groups in total. The van der Waals surface area contributed by atoms with Gasteiger partial charge in [0.2, 0.25) is 0 Å². The molecule has 112 valence electrons. The molecule has 1 aliphatic carbocycles. The predicted octanol–water partition coefficient (Wildman–Crippen LogP) is 1.85. The Morgan fingerprint density at radius 2 is 1.75 bits per heavy atom. The molecule has 1 aromatic carbocycles. The number of hydrogen-bond acceptors (Lipinski definition) is 4. The van der Waals surface area contributed by atoms with Crippen LogP contribution >= 0.6 is 0 Å². The van der Waals surface area contributed by atoms with Crippen LogP contribution in [0.5, 0.6) is 0 Å². The molecule has 1 saturated carbocycles. The lowest BCUT2D eigenvalue weighted by molar-refractivity contribution is -0.0325. The van der Waals surface area contributed by atoms with Crippen LogP contribution in [0.15, 0.2) is 30.3 Å². The van der Waals surface area contributed by atoms with Crippen molar-refractivity contribution in [2.24, 2.45) is 5.73 Å². The first-order valence-electron chi connectivity index (χ1n) is 7.34. The summed E-state index contributed by atoms with van der Waals surface area (Å²) in [7, 11) is 0. The van der Waals surface area contributed by atoms with Crippen molar-refractivity contribution >= 4 is 0 Å². The van der Waals surface area contributed by atoms with E-state index >= 15 is 0 Å². The maximum atomic E-state index is 9.79. The van der Waals surface area contributed by atoms with Gasteiger partial charge in [0, 0.05) is 5.54 Å². The van der Waals surface area contributed by atoms with Crippen LogP contribution in [-0.4, -0.2) is 36.6 Å². The van der Waals surface area contributed by atoms with Crippen LogP contribution < -0.4 is 5.73 Å². The average Bonchev–Trinajstić information content (AvgIpc) is 2.87. The highest BCUT2D eigenvalue weighted by Crippen LogP contribution is 2.27. The monoisotopic (exact) mass is 279 g/mol. The Kier molecular flexibility index (Phi) is 5.98. The molecule has 1 aliphatic rings. The molecule has 0 heterocycles. The van der Waals surface area contributed by atoms with E-state index in [1.165, 1.54) is 12.8 Å². The van der Waals surface area contributed by atoms with Crippen molar-refractivity contribution in [3.63, 3.8) is 0 Å². The van der Waals surface area contributed by atoms with Gasteiger partial charge in [0.25, 0.3) is 0 Å². The summed E-state index contributed by atoms with van der Waals surface area (Å²) >= 11 is 0. The van der Waals surface area contributed by atoms with Crippen LogP contribution in [0.4, 0.5) is 0 Å². The SMILES string of the molecule is NC1(COCC(O)COCc2ccccc2)CCCC1. The van der Waals surface area contributed by atoms with E-state index in [2.05, 4.69) is 0 Å². The largest absolute Gasteiger partial charge is 0.388 e. The molecule has 1 fully saturated rings. The molecule has 1 atom stereocenters. The lowest BCUT2D eigenvalue weighted by atomic mass is 10.0. The van der Waals surface area contributed by atoms with Crippen LogP contribution in [0, 0.1) is 0 Å². The number of hydrogen-bond donors (Lipinski definition) is 2. The molecule has 4 heteroatoms. The Bertz CT molecular complexity index is 377. The number of aliphatic hydroxyl groups excluding tert-OH is 1. The zero-order valence-corrected chi connectivity index (χ0v) is 12.0. The van der Waals surface area contributed by atoms with Crippen LogP contribution in [-0.2, 0) is 16.1 Å². The first-order chi connectivity index (χ1) is 9.68. The molecule has 20 heavy (non-hydrogen) atoms. The summed E-state index contributed by atoms with van der Waals surface area (Å²) in [5.74, 6) is 0. The Morgan fingerprint density at radius 1 is 1.10 bits per heavy atom. The zero-order chi connectivity index (χ0) is 14.3. The van der Waals surface area contributed by atoms with Gasteiger partial charge in [0.1, 0.15) is 6.10 Å². The Labute approximate surface area is 120 Å². The first kappa shape index (κ1) is 15.4. The van der Waals surface area contributed by atoms with Crippen molar-refractivity contribution in [2.75, 3.05) is 19.8 Å². The molecule has 0 saturated heterocycles. The number of rotatable bonds is 8. The highest BCUT2D eigenvalue weighted by Gasteiger charge is 2.29. The molecule has 0 spiro atoms. The molecule has 4 nitrogen and oxygen atoms in total. The smallest absolute Gasteiger partial charge is 0.101 e. The molecule has 1 aromatic rings. The summed E-state index contributed by atoms with van der Waals surface area (Å²) in [6, 6.07) is 9.92. The minimum absolute atomic E-state index is 0.176. The van der Waals surface area contributed by atoms with Crippen LogP contribution in [0.2, 0.25) is 0 Å². The van der Waals surface area contributed by atoms with Crippen molar-refractivity contribution in [1.29, 1.82) is 0 Å². The van der Waals surface area contributed by atoms with Gasteiger partial charge >= 0.3 is 0 Å². The maximum absolute atomic E-state index is 9.79. The van der Waals surface area contributed by atoms with E-state index in [-0.39, 0.29) is 18.8 Å². The van der Waals surface area contributed by atoms with E-state index in [1.807, 2.05) is 30.3 Å². The number of benzene rings is 1. The molecule has 0 aromatic heterocycles. The standard InChI is InChI=1S/C16H25NO3/c17-16(8-4-5-9-16)13-20-12-15(18)11-19-10-14-6-2-1-3-7-14/h1-3,6-7,15,18H,4-5,8-13,17H2. The minimum Gasteiger partial charge on any atom is -0.388 e. The third-order valence-corrected chi connectivity index (χ3v) is 3.72. The maximum Gasteiger partial charge on any atom is 0.101 e. The van der Waals surface area contributed by atoms with Gasteiger partial charge in [-0.3, -0.25) is 0 Å². The van der Waals surface area contributed by atoms with Crippen LogP contribution in [0.1, 0.15) is 31.2 Å². The van der Waals surface area contributed by atoms with Gasteiger partial charge in [-0.25, -0.2) is 0 Å². The second kappa shape index (κ2) is 7.74. The summed E-state index contributed by atoms with van der Waals surface area (Å²) in [4.78, 5) is 0. The van der Waals surface area contributed by atoms with Gasteiger partial charge in [-0.05, 0) is 18.4 Å². The fourth-order valence-electron chi connectivity index (χ4n) is 2.56. The van der Waals surface area contributed by atoms with Crippen LogP contribution in [0.25, 0.3) is 0 Å². The quantitative estimate of drug-likeness (QED) is 0.762. The van der Waals surface area contributed by atoms with Gasteiger partial charge < -0.3 is 20.3 Å². The van der Waals surface area contributed by atoms with E-state index in [0.29, 0.717) is 13.2 Å². The summed E-state index contributed by atoms with van der Waals surface area (Å²) in [6.45, 7) is 1.61. The second-order valence-electron chi connectivity index (χ2n) is 5.74. The Morgan fingerprint density at radius 3 is 2.45 bits per heavy atom. The molecule has 0 amide bonds. The van der Waals surface area contributed by atoms with E-state index < -0.39 is 6.10 Å². The number of ether oxygens (including phenoxy) is 2. The predicted molar refractivity (Wildman–Crippen MR) is 78.3 cm³/mol. The highest BCUT2D eigenvalue weighted by atomic mass is 16.5. The molecule has 2 rings (SSSR count). The van der Waals surface area contributed by atoms with Crippen molar-refractivity contribution in [3.05, 3.63) is 35.9 Å². The highest BCUT2D eigenvalue weighted by molar-refractivity contribution is 5.13. The van der Waals surface area contributed by atoms with Crippen molar-refractivity contribution in [3.8, 4) is 0 Å². The van der Waals surface area contributed by atoms with E-state index in [4.69, 9.17) is 15.2 Å². The topological polar surface area (TPSA) is 64.7 Å². The Hall–Kier alpha value is -0.940. The van der Waals surface area contributed by atoms with E-state index in [9.17, 15) is 5.11 Å². The van der Waals surface area contributed by atoms with Gasteiger partial charge in [-0.15, -0.1) is 0 Å². The third kappa shape index (κ3) is 5.21. The zero-order valence-electron chi connectivity index (χ0n) is 12.0. The van der Waals surface area contributed by atoms with Crippen molar-refractivity contribution < 1.29 is 14.6 Å². The number of nitrogens with two attached hydrogens (primary N) is 1. The van der Waals surface area contributed by atoms with Gasteiger partial charge in [0.05, 0.1) is 26.4 Å². The minimum atomic E-state index is -0.594. The number of aliphatic hydroxyl groups is 1. The fraction of sp³-hybridized carbons (Fsp3) is 0.625. The first-order valence-corrected chi connectivity index (χ1v) is 7.34. The Balaban J connectivity index is 1.55. The fourth-order valence-corrected chi connectivity index (χ4v) is 2.56. The van der Waals surface area contributed by atoms with Gasteiger partial charge in [0.15, 0.2) is 0 Å². The summed E-state index contributed by atoms with van der Waals surface area (Å²) in [6.07, 6.45) is 3.82. The molecular weight excluding hydrogens is 254 g/mol. The van der Waals surface area contributed by atoms with Crippen molar-refractivity contribution in [1.82, 2.24) is 0 Å². The summed E-state index contributed by atoms with van der Waals surface area (Å²) < 4.78 is 11.0. The lowest BCUT2D eigenvalue weighted by Crippen LogP contribution is -2.42. The second-order valence-corrected chi connectivity index (χ2v) is 5.74. The summed E-state index contributed by atoms with van der Waals surface area (Å²) in [5.41, 5.74) is 7.11. The van der Waals surface area contributed by atoms with Gasteiger partial charge in [-0.1, -0.05) is 43.2 Å². The summed E-state index contributed by atoms with van der Waals surface area (Å²) in [5, 5.41) is 9.79. The molecule has 0 radical (unpaired) electrons.